The SMILES string of the molecule is COC(=O)c1cc2c(cc1F)NC(=O)/C2=C/c1cn[nH]c1-c1cccc(OC)c1. The minimum absolute atomic E-state index is 0.242. The number of ether oxygens (including phenoxy) is 2. The quantitative estimate of drug-likeness (QED) is 0.523. The van der Waals surface area contributed by atoms with Crippen LogP contribution in [0.4, 0.5) is 10.1 Å². The van der Waals surface area contributed by atoms with Gasteiger partial charge in [0.05, 0.1) is 37.4 Å². The van der Waals surface area contributed by atoms with E-state index in [0.29, 0.717) is 22.6 Å². The van der Waals surface area contributed by atoms with Crippen molar-refractivity contribution in [3.05, 3.63) is 65.1 Å². The van der Waals surface area contributed by atoms with Gasteiger partial charge in [-0.1, -0.05) is 12.1 Å². The molecule has 1 aromatic heterocycles. The Hall–Kier alpha value is -3.94. The number of methoxy groups -OCH3 is 2. The minimum atomic E-state index is -0.815. The largest absolute Gasteiger partial charge is 0.497 e. The number of nitrogens with one attached hydrogen (secondary N) is 2. The number of fused-ring (bicyclic) bond motifs is 1. The lowest BCUT2D eigenvalue weighted by molar-refractivity contribution is -0.110. The lowest BCUT2D eigenvalue weighted by Gasteiger charge is -2.06. The Kier molecular flexibility index (Phi) is 4.59. The molecule has 2 heterocycles. The second-order valence-corrected chi connectivity index (χ2v) is 6.31. The summed E-state index contributed by atoms with van der Waals surface area (Å²) < 4.78 is 24.0. The molecule has 2 N–H and O–H groups in total. The maximum Gasteiger partial charge on any atom is 0.340 e. The molecule has 0 unspecified atom stereocenters. The number of aromatic nitrogens is 2. The molecule has 0 aliphatic carbocycles. The van der Waals surface area contributed by atoms with E-state index in [0.717, 1.165) is 11.6 Å². The number of benzene rings is 2. The van der Waals surface area contributed by atoms with E-state index in [1.807, 2.05) is 24.3 Å². The first kappa shape index (κ1) is 18.4. The van der Waals surface area contributed by atoms with Crippen LogP contribution in [0.1, 0.15) is 21.5 Å². The van der Waals surface area contributed by atoms with Gasteiger partial charge >= 0.3 is 5.97 Å². The number of hydrogen-bond acceptors (Lipinski definition) is 5. The molecular weight excluding hydrogens is 377 g/mol. The lowest BCUT2D eigenvalue weighted by Crippen LogP contribution is -2.05. The van der Waals surface area contributed by atoms with Crippen LogP contribution in [0, 0.1) is 5.82 Å². The third-order valence-electron chi connectivity index (χ3n) is 4.62. The van der Waals surface area contributed by atoms with E-state index in [1.54, 1.807) is 19.4 Å². The standard InChI is InChI=1S/C21H16FN3O4/c1-28-13-5-3-4-11(6-13)19-12(10-23-25-19)7-15-14-8-16(21(27)29-2)17(22)9-18(14)24-20(15)26/h3-10H,1-2H3,(H,23,25)(H,24,26)/b15-7+. The van der Waals surface area contributed by atoms with Crippen molar-refractivity contribution in [3.63, 3.8) is 0 Å². The molecule has 1 aliphatic rings. The van der Waals surface area contributed by atoms with Crippen molar-refractivity contribution in [1.82, 2.24) is 10.2 Å². The van der Waals surface area contributed by atoms with Gasteiger partial charge in [0, 0.05) is 22.3 Å². The number of amides is 1. The summed E-state index contributed by atoms with van der Waals surface area (Å²) in [4.78, 5) is 24.3. The van der Waals surface area contributed by atoms with Gasteiger partial charge in [-0.3, -0.25) is 9.89 Å². The Bertz CT molecular complexity index is 1170. The number of rotatable bonds is 4. The monoisotopic (exact) mass is 393 g/mol. The van der Waals surface area contributed by atoms with Crippen LogP contribution in [0.15, 0.2) is 42.6 Å². The van der Waals surface area contributed by atoms with E-state index >= 15 is 0 Å². The van der Waals surface area contributed by atoms with Gasteiger partial charge in [-0.05, 0) is 30.3 Å². The molecular formula is C21H16FN3O4. The van der Waals surface area contributed by atoms with Crippen LogP contribution in [-0.2, 0) is 9.53 Å². The van der Waals surface area contributed by atoms with Crippen molar-refractivity contribution in [1.29, 1.82) is 0 Å². The van der Waals surface area contributed by atoms with E-state index in [2.05, 4.69) is 20.3 Å². The van der Waals surface area contributed by atoms with Crippen LogP contribution < -0.4 is 10.1 Å². The molecule has 7 nitrogen and oxygen atoms in total. The second-order valence-electron chi connectivity index (χ2n) is 6.31. The molecule has 0 saturated carbocycles. The Morgan fingerprint density at radius 3 is 2.79 bits per heavy atom. The number of anilines is 1. The summed E-state index contributed by atoms with van der Waals surface area (Å²) in [6.45, 7) is 0. The van der Waals surface area contributed by atoms with E-state index < -0.39 is 17.7 Å². The fraction of sp³-hybridized carbons (Fsp3) is 0.0952. The Morgan fingerprint density at radius 2 is 2.03 bits per heavy atom. The van der Waals surface area contributed by atoms with Crippen molar-refractivity contribution in [2.24, 2.45) is 0 Å². The average Bonchev–Trinajstić information content (AvgIpc) is 3.31. The zero-order chi connectivity index (χ0) is 20.5. The highest BCUT2D eigenvalue weighted by molar-refractivity contribution is 6.35. The van der Waals surface area contributed by atoms with E-state index in [1.165, 1.54) is 13.2 Å². The molecule has 0 spiro atoms. The Labute approximate surface area is 165 Å². The van der Waals surface area contributed by atoms with Crippen LogP contribution >= 0.6 is 0 Å². The van der Waals surface area contributed by atoms with Crippen molar-refractivity contribution < 1.29 is 23.5 Å². The maximum atomic E-state index is 14.2. The van der Waals surface area contributed by atoms with Gasteiger partial charge in [0.15, 0.2) is 0 Å². The van der Waals surface area contributed by atoms with E-state index in [9.17, 15) is 14.0 Å². The number of nitrogens with zero attached hydrogens (tertiary/aromatic N) is 1. The van der Waals surface area contributed by atoms with Crippen molar-refractivity contribution >= 4 is 29.2 Å². The molecule has 146 valence electrons. The smallest absolute Gasteiger partial charge is 0.340 e. The van der Waals surface area contributed by atoms with Crippen LogP contribution in [-0.4, -0.2) is 36.3 Å². The van der Waals surface area contributed by atoms with Crippen LogP contribution in [0.5, 0.6) is 5.75 Å². The fourth-order valence-corrected chi connectivity index (χ4v) is 3.19. The maximum absolute atomic E-state index is 14.2. The van der Waals surface area contributed by atoms with Gasteiger partial charge in [-0.25, -0.2) is 9.18 Å². The van der Waals surface area contributed by atoms with Gasteiger partial charge in [0.2, 0.25) is 0 Å². The predicted octanol–water partition coefficient (Wildman–Crippen LogP) is 3.50. The number of aromatic amines is 1. The molecule has 3 aromatic rings. The van der Waals surface area contributed by atoms with Gasteiger partial charge in [-0.15, -0.1) is 0 Å². The third-order valence-corrected chi connectivity index (χ3v) is 4.62. The molecule has 29 heavy (non-hydrogen) atoms. The molecule has 1 aliphatic heterocycles. The summed E-state index contributed by atoms with van der Waals surface area (Å²) in [6.07, 6.45) is 3.22. The second kappa shape index (κ2) is 7.23. The summed E-state index contributed by atoms with van der Waals surface area (Å²) in [6, 6.07) is 9.80. The third kappa shape index (κ3) is 3.25. The first-order valence-corrected chi connectivity index (χ1v) is 8.65. The first-order chi connectivity index (χ1) is 14.0. The van der Waals surface area contributed by atoms with Gasteiger partial charge in [0.25, 0.3) is 5.91 Å². The highest BCUT2D eigenvalue weighted by Gasteiger charge is 2.28. The zero-order valence-corrected chi connectivity index (χ0v) is 15.6. The summed E-state index contributed by atoms with van der Waals surface area (Å²) >= 11 is 0. The average molecular weight is 393 g/mol. The predicted molar refractivity (Wildman–Crippen MR) is 105 cm³/mol. The lowest BCUT2D eigenvalue weighted by atomic mass is 10.00. The number of carbonyl (C=O) groups excluding carboxylic acids is 2. The molecule has 0 bridgehead atoms. The number of esters is 1. The van der Waals surface area contributed by atoms with Crippen molar-refractivity contribution in [2.45, 2.75) is 0 Å². The van der Waals surface area contributed by atoms with Crippen LogP contribution in [0.2, 0.25) is 0 Å². The van der Waals surface area contributed by atoms with Crippen molar-refractivity contribution in [2.75, 3.05) is 19.5 Å². The molecule has 0 fully saturated rings. The molecule has 0 atom stereocenters. The normalized spacial score (nSPS) is 13.9. The van der Waals surface area contributed by atoms with Gasteiger partial charge < -0.3 is 14.8 Å². The highest BCUT2D eigenvalue weighted by Crippen LogP contribution is 2.36. The molecule has 2 aromatic carbocycles. The number of hydrogen-bond donors (Lipinski definition) is 2. The van der Waals surface area contributed by atoms with Gasteiger partial charge in [-0.2, -0.15) is 5.10 Å². The number of carbonyl (C=O) groups is 2. The summed E-state index contributed by atoms with van der Waals surface area (Å²) in [5, 5.41) is 9.60. The molecule has 4 rings (SSSR count). The molecule has 0 radical (unpaired) electrons. The van der Waals surface area contributed by atoms with E-state index in [-0.39, 0.29) is 16.8 Å². The first-order valence-electron chi connectivity index (χ1n) is 8.65. The van der Waals surface area contributed by atoms with Crippen molar-refractivity contribution in [3.8, 4) is 17.0 Å². The van der Waals surface area contributed by atoms with Crippen LogP contribution in [0.25, 0.3) is 22.9 Å². The Morgan fingerprint density at radius 1 is 1.21 bits per heavy atom. The fourth-order valence-electron chi connectivity index (χ4n) is 3.19. The number of halogens is 1. The number of H-pyrrole nitrogens is 1. The van der Waals surface area contributed by atoms with Crippen LogP contribution in [0.3, 0.4) is 0 Å². The minimum Gasteiger partial charge on any atom is -0.497 e. The molecule has 8 heteroatoms. The summed E-state index contributed by atoms with van der Waals surface area (Å²) in [5.41, 5.74) is 2.91. The topological polar surface area (TPSA) is 93.3 Å². The summed E-state index contributed by atoms with van der Waals surface area (Å²) in [7, 11) is 2.74. The van der Waals surface area contributed by atoms with Gasteiger partial charge in [0.1, 0.15) is 11.6 Å². The zero-order valence-electron chi connectivity index (χ0n) is 15.6. The highest BCUT2D eigenvalue weighted by atomic mass is 19.1. The molecule has 1 amide bonds. The summed E-state index contributed by atoms with van der Waals surface area (Å²) in [5.74, 6) is -1.31. The van der Waals surface area contributed by atoms with E-state index in [4.69, 9.17) is 4.74 Å². The Balaban J connectivity index is 1.81. The molecule has 0 saturated heterocycles.